The van der Waals surface area contributed by atoms with Crippen LogP contribution in [0.2, 0.25) is 0 Å². The van der Waals surface area contributed by atoms with Crippen molar-refractivity contribution in [1.82, 2.24) is 9.80 Å². The van der Waals surface area contributed by atoms with E-state index < -0.39 is 28.7 Å². The molecule has 3 aliphatic rings. The van der Waals surface area contributed by atoms with Crippen molar-refractivity contribution in [3.05, 3.63) is 25.3 Å². The zero-order valence-corrected chi connectivity index (χ0v) is 23.7. The summed E-state index contributed by atoms with van der Waals surface area (Å²) < 4.78 is 4.97. The molecule has 0 aliphatic carbocycles. The minimum Gasteiger partial charge on any atom is -0.465 e. The molecule has 8 heteroatoms. The average Bonchev–Trinajstić information content (AvgIpc) is 3.51. The van der Waals surface area contributed by atoms with E-state index in [1.54, 1.807) is 28.8 Å². The Hall–Kier alpha value is -1.80. The predicted octanol–water partition coefficient (Wildman–Crippen LogP) is 4.20. The highest BCUT2D eigenvalue weighted by molar-refractivity contribution is 8.02. The number of thioether (sulfide) groups is 1. The molecule has 3 fully saturated rings. The lowest BCUT2D eigenvalue weighted by molar-refractivity contribution is -0.154. The number of nitrogens with zero attached hydrogens (tertiary/aromatic N) is 2. The molecule has 1 spiro atoms. The van der Waals surface area contributed by atoms with Gasteiger partial charge in [0.05, 0.1) is 35.8 Å². The molecule has 6 atom stereocenters. The molecule has 0 radical (unpaired) electrons. The third kappa shape index (κ3) is 5.95. The van der Waals surface area contributed by atoms with Crippen LogP contribution in [0.4, 0.5) is 0 Å². The van der Waals surface area contributed by atoms with Crippen molar-refractivity contribution in [3.8, 4) is 0 Å². The molecule has 37 heavy (non-hydrogen) atoms. The molecule has 0 aromatic heterocycles. The van der Waals surface area contributed by atoms with Gasteiger partial charge < -0.3 is 19.6 Å². The van der Waals surface area contributed by atoms with Crippen LogP contribution < -0.4 is 0 Å². The summed E-state index contributed by atoms with van der Waals surface area (Å²) >= 11 is 1.65. The first-order valence-corrected chi connectivity index (χ1v) is 14.9. The zero-order chi connectivity index (χ0) is 27.2. The van der Waals surface area contributed by atoms with Crippen LogP contribution in [-0.2, 0) is 19.1 Å². The standard InChI is InChI=1S/C29H46N2O5S/c1-6-9-11-16-30(15-8-3)27(34)25-29-14-13-22(37-29)23(28(35)36-17-12-10-7-2)24(29)26(33)31(25)21(19-32)18-20(4)5/h7-8,20-25,32H,2-3,6,9-19H2,1,4-5H3/t21-,22+,23-,24+,25?,29?/m1/s1. The zero-order valence-electron chi connectivity index (χ0n) is 22.9. The van der Waals surface area contributed by atoms with Gasteiger partial charge in [0, 0.05) is 18.3 Å². The lowest BCUT2D eigenvalue weighted by Gasteiger charge is -2.40. The third-order valence-electron chi connectivity index (χ3n) is 8.08. The Morgan fingerprint density at radius 3 is 2.65 bits per heavy atom. The van der Waals surface area contributed by atoms with E-state index in [0.29, 0.717) is 39.0 Å². The van der Waals surface area contributed by atoms with E-state index in [4.69, 9.17) is 4.74 Å². The number of hydrogen-bond acceptors (Lipinski definition) is 6. The Balaban J connectivity index is 1.98. The molecule has 0 saturated carbocycles. The van der Waals surface area contributed by atoms with E-state index in [1.807, 2.05) is 4.90 Å². The highest BCUT2D eigenvalue weighted by Crippen LogP contribution is 2.67. The van der Waals surface area contributed by atoms with Gasteiger partial charge in [0.1, 0.15) is 6.04 Å². The monoisotopic (exact) mass is 534 g/mol. The molecular weight excluding hydrogens is 488 g/mol. The van der Waals surface area contributed by atoms with E-state index in [-0.39, 0.29) is 35.6 Å². The van der Waals surface area contributed by atoms with Crippen LogP contribution in [0.5, 0.6) is 0 Å². The molecule has 3 heterocycles. The molecular formula is C29H46N2O5S. The maximum atomic E-state index is 14.3. The van der Waals surface area contributed by atoms with Crippen LogP contribution in [0.15, 0.2) is 25.3 Å². The molecule has 2 bridgehead atoms. The molecule has 3 aliphatic heterocycles. The lowest BCUT2D eigenvalue weighted by atomic mass is 9.71. The Bertz CT molecular complexity index is 848. The van der Waals surface area contributed by atoms with Gasteiger partial charge in [0.2, 0.25) is 11.8 Å². The van der Waals surface area contributed by atoms with Crippen molar-refractivity contribution in [1.29, 1.82) is 0 Å². The summed E-state index contributed by atoms with van der Waals surface area (Å²) in [5.41, 5.74) is 0. The van der Waals surface area contributed by atoms with Gasteiger partial charge in [-0.15, -0.1) is 24.9 Å². The van der Waals surface area contributed by atoms with Crippen molar-refractivity contribution in [3.63, 3.8) is 0 Å². The highest BCUT2D eigenvalue weighted by Gasteiger charge is 2.74. The summed E-state index contributed by atoms with van der Waals surface area (Å²) in [5.74, 6) is -1.50. The number of aliphatic hydroxyl groups is 1. The van der Waals surface area contributed by atoms with Crippen LogP contribution >= 0.6 is 11.8 Å². The van der Waals surface area contributed by atoms with Gasteiger partial charge in [-0.25, -0.2) is 0 Å². The normalized spacial score (nSPS) is 28.9. The van der Waals surface area contributed by atoms with E-state index >= 15 is 0 Å². The van der Waals surface area contributed by atoms with Crippen LogP contribution in [0.3, 0.4) is 0 Å². The second kappa shape index (κ2) is 13.3. The second-order valence-corrected chi connectivity index (χ2v) is 12.7. The molecule has 1 N–H and O–H groups in total. The van der Waals surface area contributed by atoms with Crippen molar-refractivity contribution in [2.75, 3.05) is 26.3 Å². The molecule has 3 saturated heterocycles. The third-order valence-corrected chi connectivity index (χ3v) is 10.0. The lowest BCUT2D eigenvalue weighted by Crippen LogP contribution is -2.57. The summed E-state index contributed by atoms with van der Waals surface area (Å²) in [4.78, 5) is 45.3. The largest absolute Gasteiger partial charge is 0.465 e. The Labute approximate surface area is 227 Å². The number of rotatable bonds is 16. The van der Waals surface area contributed by atoms with E-state index in [0.717, 1.165) is 32.1 Å². The van der Waals surface area contributed by atoms with Gasteiger partial charge in [-0.2, -0.15) is 0 Å². The number of carbonyl (C=O) groups excluding carboxylic acids is 3. The number of fused-ring (bicyclic) bond motifs is 1. The van der Waals surface area contributed by atoms with Gasteiger partial charge in [0.25, 0.3) is 0 Å². The summed E-state index contributed by atoms with van der Waals surface area (Å²) in [6, 6.07) is -1.16. The number of hydrogen-bond donors (Lipinski definition) is 1. The van der Waals surface area contributed by atoms with Gasteiger partial charge in [0.15, 0.2) is 0 Å². The number of esters is 1. The maximum absolute atomic E-state index is 14.3. The number of carbonyl (C=O) groups is 3. The summed E-state index contributed by atoms with van der Waals surface area (Å²) in [7, 11) is 0. The molecule has 2 unspecified atom stereocenters. The Kier molecular flexibility index (Phi) is 10.7. The van der Waals surface area contributed by atoms with Crippen LogP contribution in [0.1, 0.15) is 72.1 Å². The van der Waals surface area contributed by atoms with Crippen molar-refractivity contribution in [2.24, 2.45) is 17.8 Å². The smallest absolute Gasteiger partial charge is 0.310 e. The van der Waals surface area contributed by atoms with Crippen LogP contribution in [-0.4, -0.2) is 81.1 Å². The minimum absolute atomic E-state index is 0.0241. The first-order chi connectivity index (χ1) is 17.8. The number of amides is 2. The van der Waals surface area contributed by atoms with Crippen molar-refractivity contribution >= 4 is 29.5 Å². The van der Waals surface area contributed by atoms with Crippen molar-refractivity contribution < 1.29 is 24.2 Å². The fourth-order valence-electron chi connectivity index (χ4n) is 6.52. The highest BCUT2D eigenvalue weighted by atomic mass is 32.2. The summed E-state index contributed by atoms with van der Waals surface area (Å²) in [5, 5.41) is 10.4. The number of allylic oxidation sites excluding steroid dienone is 1. The molecule has 0 aromatic rings. The van der Waals surface area contributed by atoms with Crippen LogP contribution in [0, 0.1) is 17.8 Å². The fraction of sp³-hybridized carbons (Fsp3) is 0.759. The topological polar surface area (TPSA) is 87.2 Å². The minimum atomic E-state index is -0.698. The molecule has 0 aromatic carbocycles. The van der Waals surface area contributed by atoms with Gasteiger partial charge >= 0.3 is 5.97 Å². The molecule has 3 rings (SSSR count). The first kappa shape index (κ1) is 29.8. The quantitative estimate of drug-likeness (QED) is 0.181. The van der Waals surface area contributed by atoms with E-state index in [1.165, 1.54) is 0 Å². The molecule has 2 amide bonds. The maximum Gasteiger partial charge on any atom is 0.310 e. The van der Waals surface area contributed by atoms with Crippen molar-refractivity contribution in [2.45, 2.75) is 94.2 Å². The molecule has 208 valence electrons. The first-order valence-electron chi connectivity index (χ1n) is 14.0. The van der Waals surface area contributed by atoms with Gasteiger partial charge in [-0.05, 0) is 44.4 Å². The van der Waals surface area contributed by atoms with Gasteiger partial charge in [-0.3, -0.25) is 14.4 Å². The fourth-order valence-corrected chi connectivity index (χ4v) is 8.71. The predicted molar refractivity (Wildman–Crippen MR) is 148 cm³/mol. The number of ether oxygens (including phenoxy) is 1. The van der Waals surface area contributed by atoms with Gasteiger partial charge in [-0.1, -0.05) is 45.8 Å². The van der Waals surface area contributed by atoms with Crippen LogP contribution in [0.25, 0.3) is 0 Å². The Morgan fingerprint density at radius 1 is 1.27 bits per heavy atom. The number of aliphatic hydroxyl groups excluding tert-OH is 1. The summed E-state index contributed by atoms with van der Waals surface area (Å²) in [6.45, 7) is 14.9. The van der Waals surface area contributed by atoms with E-state index in [9.17, 15) is 19.5 Å². The number of unbranched alkanes of at least 4 members (excludes halogenated alkanes) is 3. The second-order valence-electron chi connectivity index (χ2n) is 11.1. The SMILES string of the molecule is C=CCCCOC(=O)[C@@H]1[C@@H]2CCC3(S2)C(C(=O)N(CC=C)CCCCC)N([C@@H](CO)CC(C)C)C(=O)[C@H]13. The van der Waals surface area contributed by atoms with E-state index in [2.05, 4.69) is 33.9 Å². The summed E-state index contributed by atoms with van der Waals surface area (Å²) in [6.07, 6.45) is 10.0. The molecule has 7 nitrogen and oxygen atoms in total. The Morgan fingerprint density at radius 2 is 2.03 bits per heavy atom. The number of likely N-dealkylation sites (tertiary alicyclic amines) is 1. The average molecular weight is 535 g/mol.